The van der Waals surface area contributed by atoms with Crippen molar-refractivity contribution >= 4 is 98.3 Å². The third-order valence-electron chi connectivity index (χ3n) is 15.3. The van der Waals surface area contributed by atoms with Crippen LogP contribution in [0.15, 0.2) is 133 Å². The fourth-order valence-electron chi connectivity index (χ4n) is 11.5. The Balaban J connectivity index is 1.20. The first-order valence-corrected chi connectivity index (χ1v) is 24.2. The summed E-state index contributed by atoms with van der Waals surface area (Å²) in [5.74, 6) is 0. The lowest BCUT2D eigenvalue weighted by Gasteiger charge is -2.22. The monoisotopic (exact) mass is 870 g/mol. The maximum Gasteiger partial charge on any atom is 0.146 e. The number of aromatic nitrogens is 4. The van der Waals surface area contributed by atoms with Crippen molar-refractivity contribution in [3.8, 4) is 16.8 Å². The van der Waals surface area contributed by atoms with Crippen LogP contribution in [0.2, 0.25) is 0 Å². The van der Waals surface area contributed by atoms with Crippen LogP contribution in [0.1, 0.15) is 105 Å². The van der Waals surface area contributed by atoms with Gasteiger partial charge in [-0.05, 0) is 134 Å². The Bertz CT molecular complexity index is 4220. The minimum absolute atomic E-state index is 0.0349. The molecule has 0 aliphatic rings. The summed E-state index contributed by atoms with van der Waals surface area (Å²) in [6, 6.07) is 51.3. The molecule has 330 valence electrons. The zero-order valence-electron chi connectivity index (χ0n) is 41.0. The molecule has 67 heavy (non-hydrogen) atoms. The summed E-state index contributed by atoms with van der Waals surface area (Å²) in [4.78, 5) is 5.91. The highest BCUT2D eigenvalue weighted by Crippen LogP contribution is 2.49. The third-order valence-corrected chi connectivity index (χ3v) is 15.3. The van der Waals surface area contributed by atoms with E-state index in [2.05, 4.69) is 230 Å². The van der Waals surface area contributed by atoms with Gasteiger partial charge in [0.25, 0.3) is 0 Å². The number of fused-ring (bicyclic) bond motifs is 15. The molecule has 0 saturated carbocycles. The lowest BCUT2D eigenvalue weighted by molar-refractivity contribution is 0.590. The summed E-state index contributed by atoms with van der Waals surface area (Å²) in [5.41, 5.74) is 19.5. The second kappa shape index (κ2) is 12.9. The number of rotatable bonds is 2. The molecule has 0 fully saturated rings. The molecule has 4 nitrogen and oxygen atoms in total. The summed E-state index contributed by atoms with van der Waals surface area (Å²) >= 11 is 0. The minimum atomic E-state index is -0.0764. The fourth-order valence-corrected chi connectivity index (χ4v) is 11.5. The predicted octanol–water partition coefficient (Wildman–Crippen LogP) is 17.3. The molecule has 0 atom stereocenters. The molecule has 0 bridgehead atoms. The first-order valence-electron chi connectivity index (χ1n) is 24.2. The van der Waals surface area contributed by atoms with Crippen LogP contribution in [-0.4, -0.2) is 18.4 Å². The van der Waals surface area contributed by atoms with E-state index >= 15 is 0 Å². The molecule has 13 aromatic rings. The van der Waals surface area contributed by atoms with E-state index in [1.54, 1.807) is 0 Å². The van der Waals surface area contributed by atoms with Gasteiger partial charge in [0.2, 0.25) is 0 Å². The van der Waals surface area contributed by atoms with E-state index in [4.69, 9.17) is 4.98 Å². The average Bonchev–Trinajstić information content (AvgIpc) is 4.06. The van der Waals surface area contributed by atoms with E-state index < -0.39 is 0 Å². The number of benzene rings is 7. The Kier molecular flexibility index (Phi) is 7.80. The van der Waals surface area contributed by atoms with Crippen LogP contribution < -0.4 is 0 Å². The Morgan fingerprint density at radius 1 is 0.343 bits per heavy atom. The maximum atomic E-state index is 5.91. The lowest BCUT2D eigenvalue weighted by atomic mass is 9.83. The predicted molar refractivity (Wildman–Crippen MR) is 288 cm³/mol. The van der Waals surface area contributed by atoms with E-state index in [0.29, 0.717) is 0 Å². The SMILES string of the molecule is CC(C)(C)c1ccc2c(c1)c1cc(C(C)(C)C)cc3c4cc5c(nc4n2c13)c1cc(C(C)(C)C)cc2c3cc(C(C)(C)C)cc(-c4ccc6c(c4)c4ccccc4n6-c4ccccc4)c3n5c21. The Morgan fingerprint density at radius 2 is 0.851 bits per heavy atom. The van der Waals surface area contributed by atoms with Crippen LogP contribution in [0.25, 0.3) is 115 Å². The quantitative estimate of drug-likeness (QED) is 0.170. The molecule has 6 heterocycles. The molecule has 6 aromatic heterocycles. The van der Waals surface area contributed by atoms with E-state index in [9.17, 15) is 0 Å². The van der Waals surface area contributed by atoms with Gasteiger partial charge in [0.1, 0.15) is 5.65 Å². The molecule has 7 aromatic carbocycles. The molecular weight excluding hydrogens is 813 g/mol. The van der Waals surface area contributed by atoms with Crippen molar-refractivity contribution in [1.82, 2.24) is 18.4 Å². The second-order valence-corrected chi connectivity index (χ2v) is 23.8. The Morgan fingerprint density at radius 3 is 1.52 bits per heavy atom. The van der Waals surface area contributed by atoms with Crippen molar-refractivity contribution in [2.45, 2.75) is 105 Å². The maximum absolute atomic E-state index is 5.91. The molecule has 0 aliphatic carbocycles. The lowest BCUT2D eigenvalue weighted by Crippen LogP contribution is -2.11. The summed E-state index contributed by atoms with van der Waals surface area (Å²) in [6.45, 7) is 28.1. The molecule has 0 N–H and O–H groups in total. The smallest absolute Gasteiger partial charge is 0.146 e. The highest BCUT2D eigenvalue weighted by atomic mass is 15.0. The summed E-state index contributed by atoms with van der Waals surface area (Å²) in [5, 5.41) is 11.4. The highest BCUT2D eigenvalue weighted by molar-refractivity contribution is 6.28. The van der Waals surface area contributed by atoms with Crippen LogP contribution >= 0.6 is 0 Å². The molecule has 13 rings (SSSR count). The largest absolute Gasteiger partial charge is 0.309 e. The number of hydrogen-bond donors (Lipinski definition) is 0. The van der Waals surface area contributed by atoms with Gasteiger partial charge < -0.3 is 8.97 Å². The molecule has 0 spiro atoms. The van der Waals surface area contributed by atoms with Crippen molar-refractivity contribution in [3.63, 3.8) is 0 Å². The summed E-state index contributed by atoms with van der Waals surface area (Å²) in [7, 11) is 0. The average molecular weight is 871 g/mol. The van der Waals surface area contributed by atoms with Gasteiger partial charge in [0, 0.05) is 59.7 Å². The van der Waals surface area contributed by atoms with Crippen LogP contribution in [0, 0.1) is 0 Å². The van der Waals surface area contributed by atoms with Gasteiger partial charge in [-0.2, -0.15) is 0 Å². The van der Waals surface area contributed by atoms with Crippen LogP contribution in [0.4, 0.5) is 0 Å². The zero-order valence-corrected chi connectivity index (χ0v) is 41.0. The van der Waals surface area contributed by atoms with Crippen molar-refractivity contribution in [1.29, 1.82) is 0 Å². The van der Waals surface area contributed by atoms with E-state index in [1.165, 1.54) is 121 Å². The molecule has 0 unspecified atom stereocenters. The van der Waals surface area contributed by atoms with Gasteiger partial charge in [0.05, 0.1) is 44.1 Å². The number of pyridine rings is 1. The number of para-hydroxylation sites is 2. The van der Waals surface area contributed by atoms with Gasteiger partial charge in [-0.3, -0.25) is 4.40 Å². The van der Waals surface area contributed by atoms with Crippen molar-refractivity contribution in [2.24, 2.45) is 0 Å². The number of nitrogens with zero attached hydrogens (tertiary/aromatic N) is 4. The standard InChI is InChI=1S/C63H58N4/c1-60(2,3)36-23-25-53-44(27-36)45-29-38(62(7,8)9)32-48-49-34-54-55(64-59(49)67(53)57(45)48)50-33-39(63(10,11)12)31-47-46-30-37(61(4,5)6)28-42(56(46)66(54)58(47)50)35-22-24-52-43(26-35)41-20-16-17-21-51(41)65(52)40-18-14-13-15-19-40/h13-34H,1-12H3. The van der Waals surface area contributed by atoms with Crippen molar-refractivity contribution < 1.29 is 0 Å². The van der Waals surface area contributed by atoms with Crippen LogP contribution in [0.5, 0.6) is 0 Å². The van der Waals surface area contributed by atoms with E-state index in [1.807, 2.05) is 0 Å². The Labute approximate surface area is 392 Å². The van der Waals surface area contributed by atoms with Crippen LogP contribution in [-0.2, 0) is 21.7 Å². The van der Waals surface area contributed by atoms with Gasteiger partial charge >= 0.3 is 0 Å². The summed E-state index contributed by atoms with van der Waals surface area (Å²) in [6.07, 6.45) is 0. The first-order chi connectivity index (χ1) is 31.8. The highest BCUT2D eigenvalue weighted by Gasteiger charge is 2.30. The van der Waals surface area contributed by atoms with Gasteiger partial charge in [-0.1, -0.05) is 132 Å². The normalized spacial score (nSPS) is 13.7. The van der Waals surface area contributed by atoms with Crippen molar-refractivity contribution in [2.75, 3.05) is 0 Å². The molecule has 0 amide bonds. The molecule has 0 radical (unpaired) electrons. The fraction of sp³-hybridized carbons (Fsp3) is 0.254. The van der Waals surface area contributed by atoms with Gasteiger partial charge in [0.15, 0.2) is 0 Å². The van der Waals surface area contributed by atoms with Gasteiger partial charge in [-0.25, -0.2) is 4.98 Å². The van der Waals surface area contributed by atoms with E-state index in [0.717, 1.165) is 16.7 Å². The first kappa shape index (κ1) is 40.4. The van der Waals surface area contributed by atoms with Crippen LogP contribution in [0.3, 0.4) is 0 Å². The number of hydrogen-bond acceptors (Lipinski definition) is 1. The molecule has 0 aliphatic heterocycles. The van der Waals surface area contributed by atoms with Gasteiger partial charge in [-0.15, -0.1) is 0 Å². The minimum Gasteiger partial charge on any atom is -0.309 e. The second-order valence-electron chi connectivity index (χ2n) is 23.8. The third kappa shape index (κ3) is 5.56. The Hall–Kier alpha value is -6.91. The molecular formula is C63H58N4. The van der Waals surface area contributed by atoms with E-state index in [-0.39, 0.29) is 21.7 Å². The topological polar surface area (TPSA) is 26.6 Å². The molecule has 0 saturated heterocycles. The molecule has 4 heteroatoms. The zero-order chi connectivity index (χ0) is 46.4. The summed E-state index contributed by atoms with van der Waals surface area (Å²) < 4.78 is 7.49. The van der Waals surface area contributed by atoms with Crippen molar-refractivity contribution in [3.05, 3.63) is 156 Å².